The van der Waals surface area contributed by atoms with E-state index in [2.05, 4.69) is 15.9 Å². The van der Waals surface area contributed by atoms with Crippen LogP contribution in [0.4, 0.5) is 0 Å². The molecule has 0 saturated carbocycles. The maximum atomic E-state index is 12.6. The van der Waals surface area contributed by atoms with Crippen molar-refractivity contribution in [2.45, 2.75) is 23.5 Å². The molecule has 1 aliphatic rings. The third-order valence-corrected chi connectivity index (χ3v) is 6.42. The van der Waals surface area contributed by atoms with Crippen molar-refractivity contribution in [3.63, 3.8) is 0 Å². The highest BCUT2D eigenvalue weighted by Gasteiger charge is 2.44. The van der Waals surface area contributed by atoms with E-state index in [0.29, 0.717) is 9.50 Å². The number of hydrogen-bond acceptors (Lipinski definition) is 4. The van der Waals surface area contributed by atoms with Crippen LogP contribution in [0.5, 0.6) is 0 Å². The summed E-state index contributed by atoms with van der Waals surface area (Å²) in [6, 6.07) is 3.02. The van der Waals surface area contributed by atoms with Crippen LogP contribution in [0.15, 0.2) is 27.6 Å². The van der Waals surface area contributed by atoms with Crippen LogP contribution < -0.4 is 0 Å². The number of sulfonamides is 1. The van der Waals surface area contributed by atoms with Crippen LogP contribution in [0, 0.1) is 0 Å². The van der Waals surface area contributed by atoms with E-state index in [0.717, 1.165) is 4.31 Å². The summed E-state index contributed by atoms with van der Waals surface area (Å²) in [6.45, 7) is 0.00997. The molecule has 9 heteroatoms. The molecule has 2 unspecified atom stereocenters. The maximum Gasteiger partial charge on any atom is 0.322 e. The van der Waals surface area contributed by atoms with Crippen molar-refractivity contribution in [1.29, 1.82) is 0 Å². The minimum absolute atomic E-state index is 0.00997. The number of benzene rings is 1. The van der Waals surface area contributed by atoms with Crippen molar-refractivity contribution in [2.24, 2.45) is 0 Å². The fourth-order valence-corrected chi connectivity index (χ4v) is 4.50. The molecule has 1 aromatic rings. The molecule has 21 heavy (non-hydrogen) atoms. The van der Waals surface area contributed by atoms with Crippen molar-refractivity contribution in [1.82, 2.24) is 4.31 Å². The van der Waals surface area contributed by atoms with E-state index in [9.17, 15) is 18.3 Å². The normalized spacial score (nSPS) is 23.4. The lowest BCUT2D eigenvalue weighted by atomic mass is 10.2. The molecule has 1 fully saturated rings. The first kappa shape index (κ1) is 16.7. The SMILES string of the molecule is COC1CC(C(=O)O)N(S(=O)(=O)c2ccc(Cl)c(Br)c2)C1. The molecule has 1 aromatic carbocycles. The molecule has 0 amide bonds. The Bertz CT molecular complexity index is 666. The first-order valence-corrected chi connectivity index (χ1v) is 8.61. The Labute approximate surface area is 135 Å². The summed E-state index contributed by atoms with van der Waals surface area (Å²) in [5.41, 5.74) is 0. The molecule has 0 radical (unpaired) electrons. The third kappa shape index (κ3) is 3.24. The highest BCUT2D eigenvalue weighted by atomic mass is 79.9. The van der Waals surface area contributed by atoms with E-state index >= 15 is 0 Å². The Morgan fingerprint density at radius 3 is 2.71 bits per heavy atom. The summed E-state index contributed by atoms with van der Waals surface area (Å²) in [7, 11) is -2.50. The van der Waals surface area contributed by atoms with Gasteiger partial charge in [-0.3, -0.25) is 4.79 Å². The Morgan fingerprint density at radius 2 is 2.19 bits per heavy atom. The number of methoxy groups -OCH3 is 1. The highest BCUT2D eigenvalue weighted by molar-refractivity contribution is 9.10. The maximum absolute atomic E-state index is 12.6. The monoisotopic (exact) mass is 397 g/mol. The van der Waals surface area contributed by atoms with Gasteiger partial charge in [0, 0.05) is 24.5 Å². The van der Waals surface area contributed by atoms with E-state index in [1.807, 2.05) is 0 Å². The van der Waals surface area contributed by atoms with Gasteiger partial charge in [0.1, 0.15) is 6.04 Å². The molecular weight excluding hydrogens is 386 g/mol. The molecule has 0 aromatic heterocycles. The average molecular weight is 399 g/mol. The zero-order valence-electron chi connectivity index (χ0n) is 11.0. The molecule has 1 aliphatic heterocycles. The predicted molar refractivity (Wildman–Crippen MR) is 79.9 cm³/mol. The summed E-state index contributed by atoms with van der Waals surface area (Å²) in [5.74, 6) is -1.19. The number of ether oxygens (including phenoxy) is 1. The van der Waals surface area contributed by atoms with E-state index in [-0.39, 0.29) is 17.9 Å². The highest BCUT2D eigenvalue weighted by Crippen LogP contribution is 2.31. The van der Waals surface area contributed by atoms with Gasteiger partial charge in [0.05, 0.1) is 16.0 Å². The zero-order valence-corrected chi connectivity index (χ0v) is 14.2. The van der Waals surface area contributed by atoms with Crippen molar-refractivity contribution in [2.75, 3.05) is 13.7 Å². The Balaban J connectivity index is 2.41. The lowest BCUT2D eigenvalue weighted by Gasteiger charge is -2.21. The summed E-state index contributed by atoms with van der Waals surface area (Å²) in [5, 5.41) is 9.59. The molecule has 0 bridgehead atoms. The second-order valence-corrected chi connectivity index (χ2v) is 7.75. The van der Waals surface area contributed by atoms with Crippen molar-refractivity contribution in [3.8, 4) is 0 Å². The topological polar surface area (TPSA) is 83.9 Å². The van der Waals surface area contributed by atoms with E-state index in [1.54, 1.807) is 0 Å². The molecular formula is C12H13BrClNO5S. The third-order valence-electron chi connectivity index (χ3n) is 3.33. The number of rotatable bonds is 4. The lowest BCUT2D eigenvalue weighted by Crippen LogP contribution is -2.40. The molecule has 6 nitrogen and oxygen atoms in total. The lowest BCUT2D eigenvalue weighted by molar-refractivity contribution is -0.140. The summed E-state index contributed by atoms with van der Waals surface area (Å²) in [6.07, 6.45) is -0.309. The second kappa shape index (κ2) is 6.21. The Kier molecular flexibility index (Phi) is 4.94. The van der Waals surface area contributed by atoms with Crippen LogP contribution in [0.2, 0.25) is 5.02 Å². The average Bonchev–Trinajstić information content (AvgIpc) is 2.87. The van der Waals surface area contributed by atoms with Gasteiger partial charge >= 0.3 is 5.97 Å². The largest absolute Gasteiger partial charge is 0.480 e. The summed E-state index contributed by atoms with van der Waals surface area (Å²) < 4.78 is 31.7. The quantitative estimate of drug-likeness (QED) is 0.838. The van der Waals surface area contributed by atoms with Gasteiger partial charge in [0.25, 0.3) is 0 Å². The van der Waals surface area contributed by atoms with Gasteiger partial charge in [-0.1, -0.05) is 11.6 Å². The van der Waals surface area contributed by atoms with Crippen molar-refractivity contribution >= 4 is 43.5 Å². The van der Waals surface area contributed by atoms with Gasteiger partial charge in [0.15, 0.2) is 0 Å². The first-order valence-electron chi connectivity index (χ1n) is 6.00. The Morgan fingerprint density at radius 1 is 1.52 bits per heavy atom. The standard InChI is InChI=1S/C12H13BrClNO5S/c1-20-7-4-11(12(16)17)15(6-7)21(18,19)8-2-3-10(14)9(13)5-8/h2-3,5,7,11H,4,6H2,1H3,(H,16,17). The number of carbonyl (C=O) groups is 1. The van der Waals surface area contributed by atoms with Gasteiger partial charge in [-0.05, 0) is 34.1 Å². The minimum atomic E-state index is -3.93. The number of halogens is 2. The number of carboxylic acids is 1. The first-order chi connectivity index (χ1) is 9.77. The molecule has 1 saturated heterocycles. The van der Waals surface area contributed by atoms with Gasteiger partial charge in [-0.15, -0.1) is 0 Å². The molecule has 2 rings (SSSR count). The van der Waals surface area contributed by atoms with Crippen LogP contribution in [-0.2, 0) is 19.6 Å². The minimum Gasteiger partial charge on any atom is -0.480 e. The van der Waals surface area contributed by atoms with Crippen LogP contribution in [0.3, 0.4) is 0 Å². The van der Waals surface area contributed by atoms with E-state index in [1.165, 1.54) is 25.3 Å². The molecule has 0 aliphatic carbocycles. The number of carboxylic acid groups (broad SMARTS) is 1. The van der Waals surface area contributed by atoms with Gasteiger partial charge in [-0.25, -0.2) is 8.42 Å². The summed E-state index contributed by atoms with van der Waals surface area (Å²) in [4.78, 5) is 11.3. The number of hydrogen-bond donors (Lipinski definition) is 1. The smallest absolute Gasteiger partial charge is 0.322 e. The van der Waals surface area contributed by atoms with Crippen LogP contribution in [0.1, 0.15) is 6.42 Å². The van der Waals surface area contributed by atoms with Gasteiger partial charge in [0.2, 0.25) is 10.0 Å². The van der Waals surface area contributed by atoms with Crippen LogP contribution in [-0.4, -0.2) is 49.6 Å². The molecule has 1 heterocycles. The number of aliphatic carboxylic acids is 1. The van der Waals surface area contributed by atoms with Crippen molar-refractivity contribution in [3.05, 3.63) is 27.7 Å². The molecule has 1 N–H and O–H groups in total. The molecule has 2 atom stereocenters. The van der Waals surface area contributed by atoms with Crippen molar-refractivity contribution < 1.29 is 23.1 Å². The molecule has 0 spiro atoms. The predicted octanol–water partition coefficient (Wildman–Crippen LogP) is 1.97. The van der Waals surface area contributed by atoms with E-state index < -0.39 is 28.1 Å². The van der Waals surface area contributed by atoms with Gasteiger partial charge < -0.3 is 9.84 Å². The number of nitrogens with zero attached hydrogens (tertiary/aromatic N) is 1. The zero-order chi connectivity index (χ0) is 15.8. The fraction of sp³-hybridized carbons (Fsp3) is 0.417. The Hall–Kier alpha value is -0.670. The fourth-order valence-electron chi connectivity index (χ4n) is 2.20. The second-order valence-electron chi connectivity index (χ2n) is 4.60. The van der Waals surface area contributed by atoms with E-state index in [4.69, 9.17) is 16.3 Å². The van der Waals surface area contributed by atoms with Gasteiger partial charge in [-0.2, -0.15) is 4.31 Å². The van der Waals surface area contributed by atoms with Crippen LogP contribution >= 0.6 is 27.5 Å². The molecule has 116 valence electrons. The summed E-state index contributed by atoms with van der Waals surface area (Å²) >= 11 is 9.01. The van der Waals surface area contributed by atoms with Crippen LogP contribution in [0.25, 0.3) is 0 Å².